The van der Waals surface area contributed by atoms with Crippen LogP contribution in [0.2, 0.25) is 0 Å². The average molecular weight is 361 g/mol. The highest BCUT2D eigenvalue weighted by Crippen LogP contribution is 2.22. The molecule has 0 saturated carbocycles. The molecule has 0 fully saturated rings. The van der Waals surface area contributed by atoms with Crippen molar-refractivity contribution in [1.82, 2.24) is 0 Å². The Balaban J connectivity index is 1.82. The standard InChI is InChI=1S/C19H20FNO3S/c1-12-8-13(2)19(14(3)9-12)21-17(22)10-24-18(23)11-25-16-7-5-4-6-15(16)20/h4-9H,10-11H2,1-3H3,(H,21,22). The molecule has 25 heavy (non-hydrogen) atoms. The number of nitrogens with one attached hydrogen (secondary N) is 1. The quantitative estimate of drug-likeness (QED) is 0.624. The number of rotatable bonds is 6. The summed E-state index contributed by atoms with van der Waals surface area (Å²) in [7, 11) is 0. The number of anilines is 1. The van der Waals surface area contributed by atoms with Crippen LogP contribution in [0, 0.1) is 26.6 Å². The van der Waals surface area contributed by atoms with Crippen molar-refractivity contribution in [1.29, 1.82) is 0 Å². The molecule has 0 heterocycles. The van der Waals surface area contributed by atoms with Gasteiger partial charge in [-0.05, 0) is 44.0 Å². The van der Waals surface area contributed by atoms with Crippen LogP contribution in [0.5, 0.6) is 0 Å². The van der Waals surface area contributed by atoms with E-state index >= 15 is 0 Å². The molecule has 0 atom stereocenters. The lowest BCUT2D eigenvalue weighted by Gasteiger charge is -2.13. The molecule has 0 aromatic heterocycles. The lowest BCUT2D eigenvalue weighted by molar-refractivity contribution is -0.144. The fourth-order valence-corrected chi connectivity index (χ4v) is 3.18. The van der Waals surface area contributed by atoms with Crippen LogP contribution in [0.15, 0.2) is 41.3 Å². The lowest BCUT2D eigenvalue weighted by atomic mass is 10.1. The number of esters is 1. The molecule has 1 N–H and O–H groups in total. The minimum Gasteiger partial charge on any atom is -0.455 e. The summed E-state index contributed by atoms with van der Waals surface area (Å²) >= 11 is 1.04. The maximum atomic E-state index is 13.5. The fourth-order valence-electron chi connectivity index (χ4n) is 2.44. The molecule has 6 heteroatoms. The van der Waals surface area contributed by atoms with Crippen LogP contribution in [0.3, 0.4) is 0 Å². The van der Waals surface area contributed by atoms with Crippen molar-refractivity contribution in [2.75, 3.05) is 17.7 Å². The van der Waals surface area contributed by atoms with Gasteiger partial charge in [-0.3, -0.25) is 9.59 Å². The Morgan fingerprint density at radius 3 is 2.40 bits per heavy atom. The largest absolute Gasteiger partial charge is 0.455 e. The molecule has 2 aromatic carbocycles. The number of aryl methyl sites for hydroxylation is 3. The van der Waals surface area contributed by atoms with Crippen molar-refractivity contribution >= 4 is 29.3 Å². The summed E-state index contributed by atoms with van der Waals surface area (Å²) in [6.07, 6.45) is 0. The van der Waals surface area contributed by atoms with Gasteiger partial charge in [-0.1, -0.05) is 29.8 Å². The summed E-state index contributed by atoms with van der Waals surface area (Å²) in [5.41, 5.74) is 3.75. The van der Waals surface area contributed by atoms with Crippen molar-refractivity contribution in [3.8, 4) is 0 Å². The van der Waals surface area contributed by atoms with Gasteiger partial charge in [0.2, 0.25) is 0 Å². The van der Waals surface area contributed by atoms with E-state index in [9.17, 15) is 14.0 Å². The van der Waals surface area contributed by atoms with Crippen LogP contribution in [0.1, 0.15) is 16.7 Å². The van der Waals surface area contributed by atoms with E-state index in [0.717, 1.165) is 34.1 Å². The Labute approximate surface area is 150 Å². The molecule has 4 nitrogen and oxygen atoms in total. The molecule has 0 bridgehead atoms. The van der Waals surface area contributed by atoms with Crippen LogP contribution in [-0.4, -0.2) is 24.2 Å². The Morgan fingerprint density at radius 2 is 1.76 bits per heavy atom. The van der Waals surface area contributed by atoms with Crippen molar-refractivity contribution in [3.05, 3.63) is 58.9 Å². The first kappa shape index (κ1) is 19.0. The van der Waals surface area contributed by atoms with Crippen LogP contribution in [0.25, 0.3) is 0 Å². The molecule has 0 aliphatic heterocycles. The summed E-state index contributed by atoms with van der Waals surface area (Å²) in [6.45, 7) is 5.43. The summed E-state index contributed by atoms with van der Waals surface area (Å²) in [4.78, 5) is 24.1. The van der Waals surface area contributed by atoms with E-state index in [-0.39, 0.29) is 18.2 Å². The predicted octanol–water partition coefficient (Wildman–Crippen LogP) is 4.02. The van der Waals surface area contributed by atoms with Gasteiger partial charge >= 0.3 is 5.97 Å². The van der Waals surface area contributed by atoms with Gasteiger partial charge in [-0.25, -0.2) is 4.39 Å². The number of hydrogen-bond acceptors (Lipinski definition) is 4. The lowest BCUT2D eigenvalue weighted by Crippen LogP contribution is -2.22. The maximum Gasteiger partial charge on any atom is 0.316 e. The van der Waals surface area contributed by atoms with Crippen LogP contribution in [0.4, 0.5) is 10.1 Å². The summed E-state index contributed by atoms with van der Waals surface area (Å²) in [6, 6.07) is 10.1. The highest BCUT2D eigenvalue weighted by molar-refractivity contribution is 8.00. The number of halogens is 1. The van der Waals surface area contributed by atoms with Gasteiger partial charge in [0.05, 0.1) is 5.75 Å². The highest BCUT2D eigenvalue weighted by atomic mass is 32.2. The van der Waals surface area contributed by atoms with E-state index in [1.165, 1.54) is 6.07 Å². The Bertz CT molecular complexity index is 769. The fraction of sp³-hybridized carbons (Fsp3) is 0.263. The topological polar surface area (TPSA) is 55.4 Å². The number of carbonyl (C=O) groups is 2. The Kier molecular flexibility index (Phi) is 6.58. The second-order valence-corrected chi connectivity index (χ2v) is 6.72. The van der Waals surface area contributed by atoms with Crippen LogP contribution < -0.4 is 5.32 Å². The molecule has 0 radical (unpaired) electrons. The third-order valence-electron chi connectivity index (χ3n) is 3.49. The number of thioether (sulfide) groups is 1. The highest BCUT2D eigenvalue weighted by Gasteiger charge is 2.12. The molecule has 2 rings (SSSR count). The van der Waals surface area contributed by atoms with Crippen molar-refractivity contribution in [2.45, 2.75) is 25.7 Å². The van der Waals surface area contributed by atoms with Gasteiger partial charge in [-0.2, -0.15) is 0 Å². The first-order valence-electron chi connectivity index (χ1n) is 7.77. The summed E-state index contributed by atoms with van der Waals surface area (Å²) in [5, 5.41) is 2.76. The SMILES string of the molecule is Cc1cc(C)c(NC(=O)COC(=O)CSc2ccccc2F)c(C)c1. The second-order valence-electron chi connectivity index (χ2n) is 5.70. The molecular weight excluding hydrogens is 341 g/mol. The minimum absolute atomic E-state index is 0.0587. The molecule has 0 spiro atoms. The van der Waals surface area contributed by atoms with Crippen molar-refractivity contribution in [2.24, 2.45) is 0 Å². The van der Waals surface area contributed by atoms with Gasteiger partial charge in [-0.15, -0.1) is 11.8 Å². The zero-order chi connectivity index (χ0) is 18.4. The third-order valence-corrected chi connectivity index (χ3v) is 4.51. The van der Waals surface area contributed by atoms with E-state index < -0.39 is 11.9 Å². The molecule has 132 valence electrons. The monoisotopic (exact) mass is 361 g/mol. The molecule has 0 saturated heterocycles. The van der Waals surface area contributed by atoms with E-state index in [1.807, 2.05) is 32.9 Å². The molecule has 0 aliphatic rings. The van der Waals surface area contributed by atoms with Crippen molar-refractivity contribution in [3.63, 3.8) is 0 Å². The Morgan fingerprint density at radius 1 is 1.12 bits per heavy atom. The van der Waals surface area contributed by atoms with Gasteiger partial charge in [0, 0.05) is 10.6 Å². The number of benzene rings is 2. The molecular formula is C19H20FNO3S. The van der Waals surface area contributed by atoms with Crippen molar-refractivity contribution < 1.29 is 18.7 Å². The normalized spacial score (nSPS) is 10.4. The average Bonchev–Trinajstić information content (AvgIpc) is 2.55. The van der Waals surface area contributed by atoms with Crippen LogP contribution >= 0.6 is 11.8 Å². The zero-order valence-corrected chi connectivity index (χ0v) is 15.2. The third kappa shape index (κ3) is 5.60. The zero-order valence-electron chi connectivity index (χ0n) is 14.4. The predicted molar refractivity (Wildman–Crippen MR) is 97.4 cm³/mol. The molecule has 1 amide bonds. The van der Waals surface area contributed by atoms with Gasteiger partial charge in [0.15, 0.2) is 6.61 Å². The molecule has 2 aromatic rings. The summed E-state index contributed by atoms with van der Waals surface area (Å²) in [5.74, 6) is -1.42. The van der Waals surface area contributed by atoms with Gasteiger partial charge in [0.1, 0.15) is 5.82 Å². The van der Waals surface area contributed by atoms with E-state index in [1.54, 1.807) is 18.2 Å². The van der Waals surface area contributed by atoms with E-state index in [2.05, 4.69) is 5.32 Å². The van der Waals surface area contributed by atoms with Crippen LogP contribution in [-0.2, 0) is 14.3 Å². The first-order chi connectivity index (χ1) is 11.9. The minimum atomic E-state index is -0.569. The smallest absolute Gasteiger partial charge is 0.316 e. The number of carbonyl (C=O) groups excluding carboxylic acids is 2. The second kappa shape index (κ2) is 8.67. The number of hydrogen-bond donors (Lipinski definition) is 1. The van der Waals surface area contributed by atoms with E-state index in [4.69, 9.17) is 4.74 Å². The maximum absolute atomic E-state index is 13.5. The first-order valence-corrected chi connectivity index (χ1v) is 8.76. The van der Waals surface area contributed by atoms with E-state index in [0.29, 0.717) is 4.90 Å². The molecule has 0 aliphatic carbocycles. The number of amides is 1. The van der Waals surface area contributed by atoms with Gasteiger partial charge in [0.25, 0.3) is 5.91 Å². The molecule has 0 unspecified atom stereocenters. The number of ether oxygens (including phenoxy) is 1. The van der Waals surface area contributed by atoms with Gasteiger partial charge < -0.3 is 10.1 Å². The summed E-state index contributed by atoms with van der Waals surface area (Å²) < 4.78 is 18.4. The Hall–Kier alpha value is -2.34.